The molecule has 0 spiro atoms. The van der Waals surface area contributed by atoms with Crippen LogP contribution in [0.3, 0.4) is 0 Å². The number of hydrogen-bond acceptors (Lipinski definition) is 3. The molecule has 5 heteroatoms. The molecule has 0 bridgehead atoms. The first-order chi connectivity index (χ1) is 11.7. The second-order valence-corrected chi connectivity index (χ2v) is 6.24. The molecule has 1 heterocycles. The average Bonchev–Trinajstić information content (AvgIpc) is 3.13. The van der Waals surface area contributed by atoms with Crippen molar-refractivity contribution in [1.82, 2.24) is 5.32 Å². The highest BCUT2D eigenvalue weighted by atomic mass is 32.1. The highest BCUT2D eigenvalue weighted by Crippen LogP contribution is 2.16. The van der Waals surface area contributed by atoms with Gasteiger partial charge in [-0.2, -0.15) is 0 Å². The summed E-state index contributed by atoms with van der Waals surface area (Å²) in [6.07, 6.45) is 0. The second kappa shape index (κ2) is 7.75. The van der Waals surface area contributed by atoms with Crippen molar-refractivity contribution in [2.45, 2.75) is 13.2 Å². The molecule has 0 fully saturated rings. The molecule has 122 valence electrons. The van der Waals surface area contributed by atoms with E-state index in [1.807, 2.05) is 17.5 Å². The Kier molecular flexibility index (Phi) is 5.23. The fourth-order valence-electron chi connectivity index (χ4n) is 2.16. The Morgan fingerprint density at radius 3 is 2.67 bits per heavy atom. The number of halogens is 1. The minimum absolute atomic E-state index is 0.143. The van der Waals surface area contributed by atoms with E-state index < -0.39 is 0 Å². The first-order valence-electron chi connectivity index (χ1n) is 7.48. The topological polar surface area (TPSA) is 38.3 Å². The van der Waals surface area contributed by atoms with E-state index in [0.717, 1.165) is 10.4 Å². The Hall–Kier alpha value is -2.66. The normalized spacial score (nSPS) is 10.4. The van der Waals surface area contributed by atoms with Crippen molar-refractivity contribution < 1.29 is 13.9 Å². The smallest absolute Gasteiger partial charge is 0.251 e. The van der Waals surface area contributed by atoms with Crippen LogP contribution in [0.5, 0.6) is 5.75 Å². The van der Waals surface area contributed by atoms with Gasteiger partial charge in [0.05, 0.1) is 6.54 Å². The van der Waals surface area contributed by atoms with Gasteiger partial charge in [0.2, 0.25) is 0 Å². The molecule has 3 rings (SSSR count). The Bertz CT molecular complexity index is 800. The van der Waals surface area contributed by atoms with Gasteiger partial charge in [-0.3, -0.25) is 4.79 Å². The first kappa shape index (κ1) is 16.2. The van der Waals surface area contributed by atoms with Crippen molar-refractivity contribution in [3.05, 3.63) is 87.9 Å². The molecule has 0 atom stereocenters. The zero-order valence-electron chi connectivity index (χ0n) is 12.9. The van der Waals surface area contributed by atoms with Gasteiger partial charge in [-0.05, 0) is 47.3 Å². The molecule has 0 aliphatic heterocycles. The SMILES string of the molecule is O=C(NCc1cccs1)c1cccc(OCc2ccc(F)cc2)c1. The minimum Gasteiger partial charge on any atom is -0.489 e. The van der Waals surface area contributed by atoms with Gasteiger partial charge < -0.3 is 10.1 Å². The Morgan fingerprint density at radius 2 is 1.92 bits per heavy atom. The van der Waals surface area contributed by atoms with E-state index in [2.05, 4.69) is 5.32 Å². The van der Waals surface area contributed by atoms with Crippen LogP contribution in [-0.4, -0.2) is 5.91 Å². The number of nitrogens with one attached hydrogen (secondary N) is 1. The number of carbonyl (C=O) groups excluding carboxylic acids is 1. The summed E-state index contributed by atoms with van der Waals surface area (Å²) < 4.78 is 18.6. The molecular weight excluding hydrogens is 325 g/mol. The van der Waals surface area contributed by atoms with Gasteiger partial charge >= 0.3 is 0 Å². The molecule has 1 aromatic heterocycles. The van der Waals surface area contributed by atoms with Gasteiger partial charge in [0.1, 0.15) is 18.2 Å². The molecule has 0 aliphatic carbocycles. The summed E-state index contributed by atoms with van der Waals surface area (Å²) in [4.78, 5) is 13.3. The summed E-state index contributed by atoms with van der Waals surface area (Å²) in [7, 11) is 0. The standard InChI is InChI=1S/C19H16FNO2S/c20-16-8-6-14(7-9-16)13-23-17-4-1-3-15(11-17)19(22)21-12-18-5-2-10-24-18/h1-11H,12-13H2,(H,21,22). The number of benzene rings is 2. The molecule has 0 aliphatic rings. The highest BCUT2D eigenvalue weighted by molar-refractivity contribution is 7.09. The molecular formula is C19H16FNO2S. The third kappa shape index (κ3) is 4.43. The maximum absolute atomic E-state index is 12.9. The van der Waals surface area contributed by atoms with Crippen LogP contribution in [0.2, 0.25) is 0 Å². The lowest BCUT2D eigenvalue weighted by molar-refractivity contribution is 0.0951. The largest absolute Gasteiger partial charge is 0.489 e. The van der Waals surface area contributed by atoms with E-state index in [-0.39, 0.29) is 11.7 Å². The lowest BCUT2D eigenvalue weighted by atomic mass is 10.2. The number of rotatable bonds is 6. The van der Waals surface area contributed by atoms with Crippen molar-refractivity contribution >= 4 is 17.2 Å². The summed E-state index contributed by atoms with van der Waals surface area (Å²) in [6, 6.07) is 17.1. The maximum Gasteiger partial charge on any atom is 0.251 e. The lowest BCUT2D eigenvalue weighted by Crippen LogP contribution is -2.22. The number of hydrogen-bond donors (Lipinski definition) is 1. The summed E-state index contributed by atoms with van der Waals surface area (Å²) in [5.41, 5.74) is 1.41. The molecule has 1 amide bonds. The third-order valence-corrected chi connectivity index (χ3v) is 4.29. The summed E-state index contributed by atoms with van der Waals surface area (Å²) in [5, 5.41) is 4.86. The zero-order valence-corrected chi connectivity index (χ0v) is 13.7. The van der Waals surface area contributed by atoms with Crippen LogP contribution in [0.4, 0.5) is 4.39 Å². The van der Waals surface area contributed by atoms with Crippen LogP contribution < -0.4 is 10.1 Å². The molecule has 3 aromatic rings. The zero-order chi connectivity index (χ0) is 16.8. The first-order valence-corrected chi connectivity index (χ1v) is 8.36. The van der Waals surface area contributed by atoms with Crippen LogP contribution in [0.15, 0.2) is 66.0 Å². The number of thiophene rings is 1. The van der Waals surface area contributed by atoms with E-state index in [9.17, 15) is 9.18 Å². The summed E-state index contributed by atoms with van der Waals surface area (Å²) >= 11 is 1.60. The van der Waals surface area contributed by atoms with Crippen molar-refractivity contribution in [3.8, 4) is 5.75 Å². The van der Waals surface area contributed by atoms with Crippen molar-refractivity contribution in [3.63, 3.8) is 0 Å². The van der Waals surface area contributed by atoms with E-state index in [0.29, 0.717) is 24.5 Å². The minimum atomic E-state index is -0.275. The van der Waals surface area contributed by atoms with Gasteiger partial charge in [-0.1, -0.05) is 24.3 Å². The van der Waals surface area contributed by atoms with Gasteiger partial charge in [-0.25, -0.2) is 4.39 Å². The predicted molar refractivity (Wildman–Crippen MR) is 92.7 cm³/mol. The van der Waals surface area contributed by atoms with E-state index >= 15 is 0 Å². The fraction of sp³-hybridized carbons (Fsp3) is 0.105. The van der Waals surface area contributed by atoms with Crippen LogP contribution in [0, 0.1) is 5.82 Å². The Balaban J connectivity index is 1.58. The van der Waals surface area contributed by atoms with Crippen LogP contribution in [-0.2, 0) is 13.2 Å². The maximum atomic E-state index is 12.9. The van der Waals surface area contributed by atoms with Gasteiger partial charge in [0.25, 0.3) is 5.91 Å². The number of ether oxygens (including phenoxy) is 1. The molecule has 1 N–H and O–H groups in total. The lowest BCUT2D eigenvalue weighted by Gasteiger charge is -2.08. The quantitative estimate of drug-likeness (QED) is 0.722. The highest BCUT2D eigenvalue weighted by Gasteiger charge is 2.07. The van der Waals surface area contributed by atoms with E-state index in [1.165, 1.54) is 12.1 Å². The molecule has 0 saturated heterocycles. The van der Waals surface area contributed by atoms with Gasteiger partial charge in [0.15, 0.2) is 0 Å². The third-order valence-electron chi connectivity index (χ3n) is 3.42. The fourth-order valence-corrected chi connectivity index (χ4v) is 2.80. The van der Waals surface area contributed by atoms with Gasteiger partial charge in [-0.15, -0.1) is 11.3 Å². The summed E-state index contributed by atoms with van der Waals surface area (Å²) in [6.45, 7) is 0.831. The predicted octanol–water partition coefficient (Wildman–Crippen LogP) is 4.40. The second-order valence-electron chi connectivity index (χ2n) is 5.21. The van der Waals surface area contributed by atoms with Crippen LogP contribution in [0.1, 0.15) is 20.8 Å². The van der Waals surface area contributed by atoms with Crippen LogP contribution in [0.25, 0.3) is 0 Å². The molecule has 24 heavy (non-hydrogen) atoms. The van der Waals surface area contributed by atoms with Gasteiger partial charge in [0, 0.05) is 10.4 Å². The molecule has 0 saturated carbocycles. The average molecular weight is 341 g/mol. The van der Waals surface area contributed by atoms with Crippen molar-refractivity contribution in [2.24, 2.45) is 0 Å². The number of amides is 1. The number of carbonyl (C=O) groups is 1. The molecule has 0 radical (unpaired) electrons. The monoisotopic (exact) mass is 341 g/mol. The summed E-state index contributed by atoms with van der Waals surface area (Å²) in [5.74, 6) is 0.182. The molecule has 2 aromatic carbocycles. The Labute approximate surface area is 143 Å². The van der Waals surface area contributed by atoms with Crippen molar-refractivity contribution in [1.29, 1.82) is 0 Å². The Morgan fingerprint density at radius 1 is 1.08 bits per heavy atom. The van der Waals surface area contributed by atoms with Crippen LogP contribution >= 0.6 is 11.3 Å². The van der Waals surface area contributed by atoms with Crippen molar-refractivity contribution in [2.75, 3.05) is 0 Å². The molecule has 0 unspecified atom stereocenters. The van der Waals surface area contributed by atoms with E-state index in [1.54, 1.807) is 47.7 Å². The molecule has 3 nitrogen and oxygen atoms in total. The van der Waals surface area contributed by atoms with E-state index in [4.69, 9.17) is 4.74 Å².